The van der Waals surface area contributed by atoms with E-state index in [1.165, 1.54) is 6.07 Å². The van der Waals surface area contributed by atoms with Gasteiger partial charge in [-0.25, -0.2) is 9.18 Å². The topological polar surface area (TPSA) is 37.3 Å². The molecule has 0 aliphatic rings. The summed E-state index contributed by atoms with van der Waals surface area (Å²) in [5.74, 6) is 0.0977. The summed E-state index contributed by atoms with van der Waals surface area (Å²) in [4.78, 5) is 14.8. The number of amides is 2. The lowest BCUT2D eigenvalue weighted by atomic mass is 10.2. The minimum Gasteiger partial charge on any atom is -0.345 e. The fourth-order valence-corrected chi connectivity index (χ4v) is 3.27. The number of urea groups is 1. The molecule has 5 heteroatoms. The summed E-state index contributed by atoms with van der Waals surface area (Å²) in [6, 6.07) is 18.2. The molecule has 2 amide bonds. The molecule has 0 saturated heterocycles. The van der Waals surface area contributed by atoms with Crippen molar-refractivity contribution in [3.8, 4) is 0 Å². The van der Waals surface area contributed by atoms with Crippen LogP contribution in [-0.2, 0) is 13.1 Å². The summed E-state index contributed by atoms with van der Waals surface area (Å²) in [7, 11) is 0. The van der Waals surface area contributed by atoms with Crippen LogP contribution in [0, 0.1) is 18.7 Å². The number of hydrogen-bond donors (Lipinski definition) is 1. The lowest BCUT2D eigenvalue weighted by Crippen LogP contribution is -2.37. The van der Waals surface area contributed by atoms with Crippen LogP contribution < -0.4 is 5.32 Å². The Morgan fingerprint density at radius 1 is 1.10 bits per heavy atom. The quantitative estimate of drug-likeness (QED) is 0.551. The zero-order chi connectivity index (χ0) is 20.8. The van der Waals surface area contributed by atoms with Crippen LogP contribution in [0.1, 0.15) is 30.7 Å². The molecule has 1 N–H and O–H groups in total. The van der Waals surface area contributed by atoms with Gasteiger partial charge >= 0.3 is 6.03 Å². The van der Waals surface area contributed by atoms with Gasteiger partial charge in [-0.05, 0) is 54.8 Å². The first-order valence-corrected chi connectivity index (χ1v) is 9.92. The molecule has 3 rings (SSSR count). The van der Waals surface area contributed by atoms with E-state index in [9.17, 15) is 9.18 Å². The molecule has 0 atom stereocenters. The van der Waals surface area contributed by atoms with E-state index in [4.69, 9.17) is 0 Å². The number of hydrogen-bond acceptors (Lipinski definition) is 1. The predicted octanol–water partition coefficient (Wildman–Crippen LogP) is 5.67. The maximum Gasteiger partial charge on any atom is 0.322 e. The maximum atomic E-state index is 13.5. The van der Waals surface area contributed by atoms with Crippen LogP contribution in [0.5, 0.6) is 0 Å². The molecule has 0 aliphatic heterocycles. The summed E-state index contributed by atoms with van der Waals surface area (Å²) in [6.45, 7) is 7.90. The molecule has 29 heavy (non-hydrogen) atoms. The maximum absolute atomic E-state index is 13.5. The third-order valence-electron chi connectivity index (χ3n) is 4.69. The Labute approximate surface area is 172 Å². The fourth-order valence-electron chi connectivity index (χ4n) is 3.27. The van der Waals surface area contributed by atoms with Crippen molar-refractivity contribution < 1.29 is 9.18 Å². The number of carbonyl (C=O) groups is 1. The first-order valence-electron chi connectivity index (χ1n) is 9.92. The van der Waals surface area contributed by atoms with Gasteiger partial charge in [0.05, 0.1) is 6.54 Å². The SMILES string of the molecule is Cc1ccc(NC(=O)N(Cc2cccn2Cc2cccc(F)c2)CC(C)C)cc1. The second-order valence-electron chi connectivity index (χ2n) is 7.83. The van der Waals surface area contributed by atoms with Crippen LogP contribution in [-0.4, -0.2) is 22.0 Å². The Bertz CT molecular complexity index is 947. The highest BCUT2D eigenvalue weighted by atomic mass is 19.1. The summed E-state index contributed by atoms with van der Waals surface area (Å²) in [5, 5.41) is 2.99. The van der Waals surface area contributed by atoms with E-state index in [1.54, 1.807) is 12.1 Å². The number of aryl methyl sites for hydroxylation is 1. The third kappa shape index (κ3) is 5.95. The molecular formula is C24H28FN3O. The second kappa shape index (κ2) is 9.41. The second-order valence-corrected chi connectivity index (χ2v) is 7.83. The van der Waals surface area contributed by atoms with Crippen LogP contribution in [0.4, 0.5) is 14.9 Å². The zero-order valence-corrected chi connectivity index (χ0v) is 17.2. The van der Waals surface area contributed by atoms with Crippen molar-refractivity contribution in [1.82, 2.24) is 9.47 Å². The van der Waals surface area contributed by atoms with Crippen molar-refractivity contribution >= 4 is 11.7 Å². The Balaban J connectivity index is 1.74. The number of benzene rings is 2. The molecule has 0 fully saturated rings. The normalized spacial score (nSPS) is 10.9. The Morgan fingerprint density at radius 2 is 1.86 bits per heavy atom. The van der Waals surface area contributed by atoms with E-state index in [0.717, 1.165) is 22.5 Å². The largest absolute Gasteiger partial charge is 0.345 e. The molecule has 0 saturated carbocycles. The highest BCUT2D eigenvalue weighted by Crippen LogP contribution is 2.15. The number of anilines is 1. The van der Waals surface area contributed by atoms with Crippen molar-refractivity contribution in [3.63, 3.8) is 0 Å². The van der Waals surface area contributed by atoms with Crippen molar-refractivity contribution in [3.05, 3.63) is 89.5 Å². The summed E-state index contributed by atoms with van der Waals surface area (Å²) in [5.41, 5.74) is 3.83. The predicted molar refractivity (Wildman–Crippen MR) is 115 cm³/mol. The lowest BCUT2D eigenvalue weighted by molar-refractivity contribution is 0.200. The summed E-state index contributed by atoms with van der Waals surface area (Å²) in [6.07, 6.45) is 1.96. The van der Waals surface area contributed by atoms with Crippen LogP contribution in [0.3, 0.4) is 0 Å². The highest BCUT2D eigenvalue weighted by Gasteiger charge is 2.17. The van der Waals surface area contributed by atoms with E-state index in [1.807, 2.05) is 60.5 Å². The van der Waals surface area contributed by atoms with Gasteiger partial charge < -0.3 is 14.8 Å². The monoisotopic (exact) mass is 393 g/mol. The van der Waals surface area contributed by atoms with Gasteiger partial charge in [-0.1, -0.05) is 43.7 Å². The Hall–Kier alpha value is -3.08. The van der Waals surface area contributed by atoms with Crippen LogP contribution in [0.15, 0.2) is 66.9 Å². The number of nitrogens with zero attached hydrogens (tertiary/aromatic N) is 2. The van der Waals surface area contributed by atoms with Crippen molar-refractivity contribution in [2.24, 2.45) is 5.92 Å². The molecule has 152 valence electrons. The van der Waals surface area contributed by atoms with Gasteiger partial charge in [0.25, 0.3) is 0 Å². The average Bonchev–Trinajstić information content (AvgIpc) is 3.09. The van der Waals surface area contributed by atoms with E-state index < -0.39 is 0 Å². The minimum absolute atomic E-state index is 0.124. The van der Waals surface area contributed by atoms with Crippen molar-refractivity contribution in [2.75, 3.05) is 11.9 Å². The smallest absolute Gasteiger partial charge is 0.322 e. The van der Waals surface area contributed by atoms with Crippen LogP contribution in [0.25, 0.3) is 0 Å². The number of halogens is 1. The fraction of sp³-hybridized carbons (Fsp3) is 0.292. The van der Waals surface area contributed by atoms with Crippen molar-refractivity contribution in [1.29, 1.82) is 0 Å². The molecule has 2 aromatic carbocycles. The lowest BCUT2D eigenvalue weighted by Gasteiger charge is -2.26. The van der Waals surface area contributed by atoms with E-state index >= 15 is 0 Å². The molecule has 3 aromatic rings. The summed E-state index contributed by atoms with van der Waals surface area (Å²) < 4.78 is 15.6. The van der Waals surface area contributed by atoms with Gasteiger partial charge in [-0.2, -0.15) is 0 Å². The number of rotatable bonds is 7. The molecule has 0 unspecified atom stereocenters. The first-order chi connectivity index (χ1) is 13.9. The van der Waals surface area contributed by atoms with Gasteiger partial charge in [0, 0.05) is 30.7 Å². The van der Waals surface area contributed by atoms with Gasteiger partial charge in [-0.15, -0.1) is 0 Å². The Morgan fingerprint density at radius 3 is 2.55 bits per heavy atom. The molecule has 0 aliphatic carbocycles. The molecule has 4 nitrogen and oxygen atoms in total. The average molecular weight is 394 g/mol. The third-order valence-corrected chi connectivity index (χ3v) is 4.69. The number of carbonyl (C=O) groups excluding carboxylic acids is 1. The molecule has 1 aromatic heterocycles. The molecule has 1 heterocycles. The molecular weight excluding hydrogens is 365 g/mol. The molecule has 0 radical (unpaired) electrons. The van der Waals surface area contributed by atoms with E-state index in [2.05, 4.69) is 23.7 Å². The molecule has 0 bridgehead atoms. The van der Waals surface area contributed by atoms with Gasteiger partial charge in [0.2, 0.25) is 0 Å². The van der Waals surface area contributed by atoms with Gasteiger partial charge in [0.1, 0.15) is 5.82 Å². The highest BCUT2D eigenvalue weighted by molar-refractivity contribution is 5.89. The standard InChI is InChI=1S/C24H28FN3O/c1-18(2)15-28(24(29)26-22-11-9-19(3)10-12-22)17-23-8-5-13-27(23)16-20-6-4-7-21(25)14-20/h4-14,18H,15-17H2,1-3H3,(H,26,29). The number of aromatic nitrogens is 1. The van der Waals surface area contributed by atoms with E-state index in [-0.39, 0.29) is 11.8 Å². The van der Waals surface area contributed by atoms with Gasteiger partial charge in [0.15, 0.2) is 0 Å². The Kier molecular flexibility index (Phi) is 6.70. The number of nitrogens with one attached hydrogen (secondary N) is 1. The van der Waals surface area contributed by atoms with Gasteiger partial charge in [-0.3, -0.25) is 0 Å². The minimum atomic E-state index is -0.241. The van der Waals surface area contributed by atoms with E-state index in [0.29, 0.717) is 25.6 Å². The zero-order valence-electron chi connectivity index (χ0n) is 17.2. The van der Waals surface area contributed by atoms with Crippen molar-refractivity contribution in [2.45, 2.75) is 33.9 Å². The first kappa shape index (κ1) is 20.6. The van der Waals surface area contributed by atoms with Crippen LogP contribution in [0.2, 0.25) is 0 Å². The summed E-state index contributed by atoms with van der Waals surface area (Å²) >= 11 is 0. The van der Waals surface area contributed by atoms with Crippen LogP contribution >= 0.6 is 0 Å². The molecule has 0 spiro atoms.